The molecule has 1 N–H and O–H groups in total. The van der Waals surface area contributed by atoms with Crippen LogP contribution in [0.5, 0.6) is 5.75 Å². The van der Waals surface area contributed by atoms with Crippen LogP contribution < -0.4 is 4.74 Å². The normalized spacial score (nSPS) is 12.1. The van der Waals surface area contributed by atoms with Crippen molar-refractivity contribution < 1.29 is 9.84 Å². The summed E-state index contributed by atoms with van der Waals surface area (Å²) in [5.41, 5.74) is 0. The van der Waals surface area contributed by atoms with Gasteiger partial charge in [0.15, 0.2) is 0 Å². The van der Waals surface area contributed by atoms with Gasteiger partial charge in [-0.2, -0.15) is 0 Å². The summed E-state index contributed by atoms with van der Waals surface area (Å²) >= 11 is 0. The molecule has 0 heterocycles. The molecule has 2 heteroatoms. The molecule has 1 aromatic rings. The second-order valence-corrected chi connectivity index (χ2v) is 2.43. The first kappa shape index (κ1) is 8.81. The molecule has 0 bridgehead atoms. The SMILES string of the molecule is C=C[C@@H](O)COc1ccccc1. The van der Waals surface area contributed by atoms with E-state index in [0.717, 1.165) is 5.75 Å². The number of ether oxygens (including phenoxy) is 1. The van der Waals surface area contributed by atoms with Crippen molar-refractivity contribution in [1.82, 2.24) is 0 Å². The Morgan fingerprint density at radius 1 is 1.42 bits per heavy atom. The summed E-state index contributed by atoms with van der Waals surface area (Å²) in [6.45, 7) is 3.70. The lowest BCUT2D eigenvalue weighted by Gasteiger charge is -2.07. The van der Waals surface area contributed by atoms with Gasteiger partial charge in [0.1, 0.15) is 18.5 Å². The maximum atomic E-state index is 9.08. The Balaban J connectivity index is 2.38. The van der Waals surface area contributed by atoms with E-state index in [0.29, 0.717) is 0 Å². The monoisotopic (exact) mass is 164 g/mol. The van der Waals surface area contributed by atoms with Crippen molar-refractivity contribution in [2.75, 3.05) is 6.61 Å². The van der Waals surface area contributed by atoms with E-state index in [-0.39, 0.29) is 6.61 Å². The van der Waals surface area contributed by atoms with E-state index in [1.807, 2.05) is 30.3 Å². The van der Waals surface area contributed by atoms with Crippen molar-refractivity contribution in [3.63, 3.8) is 0 Å². The molecule has 0 fully saturated rings. The van der Waals surface area contributed by atoms with Gasteiger partial charge in [-0.3, -0.25) is 0 Å². The van der Waals surface area contributed by atoms with Crippen molar-refractivity contribution >= 4 is 0 Å². The van der Waals surface area contributed by atoms with Crippen LogP contribution in [0.3, 0.4) is 0 Å². The van der Waals surface area contributed by atoms with Gasteiger partial charge in [0, 0.05) is 0 Å². The van der Waals surface area contributed by atoms with Crippen LogP contribution in [0.15, 0.2) is 43.0 Å². The molecular formula is C10H12O2. The zero-order valence-electron chi connectivity index (χ0n) is 6.81. The first-order chi connectivity index (χ1) is 5.83. The average molecular weight is 164 g/mol. The van der Waals surface area contributed by atoms with Crippen LogP contribution in [-0.2, 0) is 0 Å². The molecule has 12 heavy (non-hydrogen) atoms. The van der Waals surface area contributed by atoms with Gasteiger partial charge in [-0.1, -0.05) is 24.3 Å². The van der Waals surface area contributed by atoms with Crippen LogP contribution in [0.25, 0.3) is 0 Å². The minimum atomic E-state index is -0.592. The van der Waals surface area contributed by atoms with Crippen LogP contribution >= 0.6 is 0 Å². The summed E-state index contributed by atoms with van der Waals surface area (Å²) in [7, 11) is 0. The molecule has 0 aliphatic rings. The molecule has 0 radical (unpaired) electrons. The lowest BCUT2D eigenvalue weighted by atomic mass is 10.3. The molecule has 0 aromatic heterocycles. The van der Waals surface area contributed by atoms with E-state index in [1.165, 1.54) is 6.08 Å². The molecule has 0 amide bonds. The lowest BCUT2D eigenvalue weighted by molar-refractivity contribution is 0.145. The van der Waals surface area contributed by atoms with Crippen LogP contribution in [0.4, 0.5) is 0 Å². The van der Waals surface area contributed by atoms with Crippen molar-refractivity contribution in [2.45, 2.75) is 6.10 Å². The fourth-order valence-corrected chi connectivity index (χ4v) is 0.766. The zero-order chi connectivity index (χ0) is 8.81. The third kappa shape index (κ3) is 2.76. The summed E-state index contributed by atoms with van der Waals surface area (Å²) in [6, 6.07) is 9.37. The van der Waals surface area contributed by atoms with Crippen molar-refractivity contribution in [3.05, 3.63) is 43.0 Å². The van der Waals surface area contributed by atoms with Gasteiger partial charge in [0.2, 0.25) is 0 Å². The standard InChI is InChI=1S/C10H12O2/c1-2-9(11)8-12-10-6-4-3-5-7-10/h2-7,9,11H,1,8H2/t9-/m1/s1. The summed E-state index contributed by atoms with van der Waals surface area (Å²) in [5, 5.41) is 9.08. The predicted octanol–water partition coefficient (Wildman–Crippen LogP) is 1.61. The first-order valence-electron chi connectivity index (χ1n) is 3.81. The molecule has 0 spiro atoms. The Hall–Kier alpha value is -1.28. The van der Waals surface area contributed by atoms with E-state index in [4.69, 9.17) is 9.84 Å². The molecule has 64 valence electrons. The molecule has 2 nitrogen and oxygen atoms in total. The molecular weight excluding hydrogens is 152 g/mol. The van der Waals surface area contributed by atoms with E-state index in [1.54, 1.807) is 0 Å². The number of aliphatic hydroxyl groups is 1. The number of rotatable bonds is 4. The second kappa shape index (κ2) is 4.57. The van der Waals surface area contributed by atoms with Crippen LogP contribution in [0, 0.1) is 0 Å². The van der Waals surface area contributed by atoms with E-state index in [2.05, 4.69) is 6.58 Å². The third-order valence-corrected chi connectivity index (χ3v) is 1.44. The lowest BCUT2D eigenvalue weighted by Crippen LogP contribution is -2.13. The van der Waals surface area contributed by atoms with Crippen molar-refractivity contribution in [3.8, 4) is 5.75 Å². The molecule has 1 atom stereocenters. The van der Waals surface area contributed by atoms with Crippen LogP contribution in [-0.4, -0.2) is 17.8 Å². The van der Waals surface area contributed by atoms with E-state index >= 15 is 0 Å². The number of hydrogen-bond donors (Lipinski definition) is 1. The van der Waals surface area contributed by atoms with Crippen molar-refractivity contribution in [1.29, 1.82) is 0 Å². The topological polar surface area (TPSA) is 29.5 Å². The maximum absolute atomic E-state index is 9.08. The van der Waals surface area contributed by atoms with Gasteiger partial charge in [0.05, 0.1) is 0 Å². The molecule has 1 aromatic carbocycles. The molecule has 0 aliphatic heterocycles. The molecule has 0 saturated heterocycles. The summed E-state index contributed by atoms with van der Waals surface area (Å²) < 4.78 is 5.24. The Bertz CT molecular complexity index is 231. The Morgan fingerprint density at radius 3 is 2.67 bits per heavy atom. The Labute approximate surface area is 72.1 Å². The van der Waals surface area contributed by atoms with Gasteiger partial charge >= 0.3 is 0 Å². The van der Waals surface area contributed by atoms with Gasteiger partial charge < -0.3 is 9.84 Å². The molecule has 0 saturated carbocycles. The largest absolute Gasteiger partial charge is 0.491 e. The molecule has 0 aliphatic carbocycles. The zero-order valence-corrected chi connectivity index (χ0v) is 6.81. The smallest absolute Gasteiger partial charge is 0.119 e. The fourth-order valence-electron chi connectivity index (χ4n) is 0.766. The quantitative estimate of drug-likeness (QED) is 0.685. The highest BCUT2D eigenvalue weighted by molar-refractivity contribution is 5.20. The van der Waals surface area contributed by atoms with Gasteiger partial charge in [-0.05, 0) is 12.1 Å². The number of aliphatic hydroxyl groups excluding tert-OH is 1. The molecule has 0 unspecified atom stereocenters. The minimum Gasteiger partial charge on any atom is -0.491 e. The van der Waals surface area contributed by atoms with Gasteiger partial charge in [-0.15, -0.1) is 6.58 Å². The predicted molar refractivity (Wildman–Crippen MR) is 48.1 cm³/mol. The highest BCUT2D eigenvalue weighted by Crippen LogP contribution is 2.08. The molecule has 1 rings (SSSR count). The van der Waals surface area contributed by atoms with Crippen LogP contribution in [0.2, 0.25) is 0 Å². The third-order valence-electron chi connectivity index (χ3n) is 1.44. The highest BCUT2D eigenvalue weighted by Gasteiger charge is 1.97. The Morgan fingerprint density at radius 2 is 2.08 bits per heavy atom. The number of para-hydroxylation sites is 1. The van der Waals surface area contributed by atoms with E-state index in [9.17, 15) is 0 Å². The van der Waals surface area contributed by atoms with Crippen molar-refractivity contribution in [2.24, 2.45) is 0 Å². The maximum Gasteiger partial charge on any atom is 0.119 e. The summed E-state index contributed by atoms with van der Waals surface area (Å²) in [5.74, 6) is 0.762. The number of benzene rings is 1. The second-order valence-electron chi connectivity index (χ2n) is 2.43. The van der Waals surface area contributed by atoms with E-state index < -0.39 is 6.10 Å². The van der Waals surface area contributed by atoms with Crippen LogP contribution in [0.1, 0.15) is 0 Å². The minimum absolute atomic E-state index is 0.257. The van der Waals surface area contributed by atoms with Gasteiger partial charge in [0.25, 0.3) is 0 Å². The van der Waals surface area contributed by atoms with Gasteiger partial charge in [-0.25, -0.2) is 0 Å². The fraction of sp³-hybridized carbons (Fsp3) is 0.200. The highest BCUT2D eigenvalue weighted by atomic mass is 16.5. The number of hydrogen-bond acceptors (Lipinski definition) is 2. The first-order valence-corrected chi connectivity index (χ1v) is 3.81. The Kier molecular flexibility index (Phi) is 3.35. The summed E-state index contributed by atoms with van der Waals surface area (Å²) in [4.78, 5) is 0. The summed E-state index contributed by atoms with van der Waals surface area (Å²) in [6.07, 6.45) is 0.855. The average Bonchev–Trinajstić information content (AvgIpc) is 2.16.